The molecule has 9 heteroatoms. The summed E-state index contributed by atoms with van der Waals surface area (Å²) in [6.45, 7) is 2.06. The predicted octanol–water partition coefficient (Wildman–Crippen LogP) is 3.87. The van der Waals surface area contributed by atoms with Crippen molar-refractivity contribution >= 4 is 17.3 Å². The first-order chi connectivity index (χ1) is 13.5. The number of morpholine rings is 1. The van der Waals surface area contributed by atoms with Crippen molar-refractivity contribution in [3.8, 4) is 5.69 Å². The van der Waals surface area contributed by atoms with Crippen molar-refractivity contribution in [3.63, 3.8) is 0 Å². The van der Waals surface area contributed by atoms with E-state index in [9.17, 15) is 13.2 Å². The van der Waals surface area contributed by atoms with E-state index in [1.807, 2.05) is 35.2 Å². The zero-order chi connectivity index (χ0) is 19.6. The summed E-state index contributed by atoms with van der Waals surface area (Å²) in [6, 6.07) is 13.2. The van der Waals surface area contributed by atoms with Crippen LogP contribution in [0.2, 0.25) is 0 Å². The zero-order valence-corrected chi connectivity index (χ0v) is 14.9. The molecule has 3 aromatic rings. The Morgan fingerprint density at radius 1 is 0.964 bits per heavy atom. The van der Waals surface area contributed by atoms with E-state index in [4.69, 9.17) is 4.74 Å². The molecule has 1 aliphatic heterocycles. The van der Waals surface area contributed by atoms with Gasteiger partial charge in [0.05, 0.1) is 24.5 Å². The molecule has 2 aromatic carbocycles. The van der Waals surface area contributed by atoms with Crippen LogP contribution in [-0.4, -0.2) is 41.1 Å². The van der Waals surface area contributed by atoms with Gasteiger partial charge in [-0.15, -0.1) is 5.10 Å². The van der Waals surface area contributed by atoms with Crippen LogP contribution in [0.1, 0.15) is 5.56 Å². The Kier molecular flexibility index (Phi) is 4.91. The highest BCUT2D eigenvalue weighted by atomic mass is 19.4. The van der Waals surface area contributed by atoms with Gasteiger partial charge in [-0.05, 0) is 30.3 Å². The maximum absolute atomic E-state index is 13.4. The van der Waals surface area contributed by atoms with Gasteiger partial charge in [0.25, 0.3) is 0 Å². The third-order valence-corrected chi connectivity index (χ3v) is 4.39. The van der Waals surface area contributed by atoms with Gasteiger partial charge in [-0.2, -0.15) is 18.2 Å². The molecule has 1 saturated heterocycles. The van der Waals surface area contributed by atoms with E-state index in [1.165, 1.54) is 6.33 Å². The molecule has 2 heterocycles. The number of hydrogen-bond donors (Lipinski definition) is 1. The number of nitrogens with zero attached hydrogens (tertiary/aromatic N) is 4. The number of anilines is 3. The molecule has 0 atom stereocenters. The Balaban J connectivity index is 1.62. The van der Waals surface area contributed by atoms with Crippen LogP contribution >= 0.6 is 0 Å². The van der Waals surface area contributed by atoms with Crippen molar-refractivity contribution < 1.29 is 17.9 Å². The normalized spacial score (nSPS) is 14.9. The predicted molar refractivity (Wildman–Crippen MR) is 99.1 cm³/mol. The quantitative estimate of drug-likeness (QED) is 0.734. The van der Waals surface area contributed by atoms with Crippen LogP contribution in [0, 0.1) is 0 Å². The molecule has 0 aliphatic carbocycles. The Morgan fingerprint density at radius 3 is 2.43 bits per heavy atom. The van der Waals surface area contributed by atoms with Crippen LogP contribution in [0.25, 0.3) is 5.69 Å². The number of benzene rings is 2. The van der Waals surface area contributed by atoms with Crippen LogP contribution in [-0.2, 0) is 10.9 Å². The first-order valence-electron chi connectivity index (χ1n) is 8.78. The van der Waals surface area contributed by atoms with Gasteiger partial charge in [0.1, 0.15) is 6.33 Å². The van der Waals surface area contributed by atoms with Crippen molar-refractivity contribution in [1.29, 1.82) is 0 Å². The fraction of sp³-hybridized carbons (Fsp3) is 0.263. The van der Waals surface area contributed by atoms with E-state index in [0.717, 1.165) is 17.8 Å². The highest BCUT2D eigenvalue weighted by Crippen LogP contribution is 2.35. The van der Waals surface area contributed by atoms with Crippen molar-refractivity contribution in [2.75, 3.05) is 36.5 Å². The monoisotopic (exact) mass is 389 g/mol. The maximum Gasteiger partial charge on any atom is 0.416 e. The Bertz CT molecular complexity index is 936. The van der Waals surface area contributed by atoms with Crippen LogP contribution in [0.3, 0.4) is 0 Å². The number of aromatic nitrogens is 3. The molecule has 28 heavy (non-hydrogen) atoms. The van der Waals surface area contributed by atoms with Gasteiger partial charge in [-0.1, -0.05) is 18.2 Å². The molecule has 0 bridgehead atoms. The number of ether oxygens (including phenoxy) is 1. The summed E-state index contributed by atoms with van der Waals surface area (Å²) in [7, 11) is 0. The molecule has 1 aliphatic rings. The number of para-hydroxylation sites is 1. The van der Waals surface area contributed by atoms with Gasteiger partial charge in [0, 0.05) is 24.5 Å². The molecule has 146 valence electrons. The zero-order valence-electron chi connectivity index (χ0n) is 14.9. The van der Waals surface area contributed by atoms with Crippen LogP contribution in [0.15, 0.2) is 54.9 Å². The SMILES string of the molecule is FC(F)(F)c1cc(Nc2ncn(-c3ccccc3)n2)cc(N2CCOCC2)c1. The average molecular weight is 389 g/mol. The summed E-state index contributed by atoms with van der Waals surface area (Å²) >= 11 is 0. The molecular formula is C19H18F3N5O. The first-order valence-corrected chi connectivity index (χ1v) is 8.78. The molecule has 0 spiro atoms. The van der Waals surface area contributed by atoms with Gasteiger partial charge in [0.2, 0.25) is 5.95 Å². The van der Waals surface area contributed by atoms with Gasteiger partial charge in [-0.25, -0.2) is 4.68 Å². The van der Waals surface area contributed by atoms with Gasteiger partial charge < -0.3 is 15.0 Å². The van der Waals surface area contributed by atoms with Gasteiger partial charge >= 0.3 is 6.18 Å². The number of rotatable bonds is 4. The maximum atomic E-state index is 13.4. The molecule has 1 fully saturated rings. The highest BCUT2D eigenvalue weighted by molar-refractivity contribution is 5.64. The summed E-state index contributed by atoms with van der Waals surface area (Å²) in [4.78, 5) is 6.02. The van der Waals surface area contributed by atoms with Crippen molar-refractivity contribution in [1.82, 2.24) is 14.8 Å². The van der Waals surface area contributed by atoms with Crippen LogP contribution in [0.4, 0.5) is 30.5 Å². The third-order valence-electron chi connectivity index (χ3n) is 4.39. The largest absolute Gasteiger partial charge is 0.416 e. The minimum atomic E-state index is -4.45. The lowest BCUT2D eigenvalue weighted by molar-refractivity contribution is -0.137. The third kappa shape index (κ3) is 4.09. The summed E-state index contributed by atoms with van der Waals surface area (Å²) in [6.07, 6.45) is -2.94. The summed E-state index contributed by atoms with van der Waals surface area (Å²) in [5, 5.41) is 7.17. The van der Waals surface area contributed by atoms with Crippen LogP contribution < -0.4 is 10.2 Å². The number of hydrogen-bond acceptors (Lipinski definition) is 5. The highest BCUT2D eigenvalue weighted by Gasteiger charge is 2.32. The summed E-state index contributed by atoms with van der Waals surface area (Å²) < 4.78 is 47.0. The number of alkyl halides is 3. The standard InChI is InChI=1S/C19H18F3N5O/c20-19(21,22)14-10-15(12-17(11-14)26-6-8-28-9-7-26)24-18-23-13-27(25-18)16-4-2-1-3-5-16/h1-5,10-13H,6-9H2,(H,24,25). The Labute approximate surface area is 159 Å². The van der Waals surface area contributed by atoms with Crippen molar-refractivity contribution in [3.05, 3.63) is 60.4 Å². The lowest BCUT2D eigenvalue weighted by Gasteiger charge is -2.29. The molecule has 0 amide bonds. The smallest absolute Gasteiger partial charge is 0.378 e. The van der Waals surface area contributed by atoms with E-state index in [1.54, 1.807) is 10.7 Å². The molecule has 4 rings (SSSR count). The molecule has 0 unspecified atom stereocenters. The topological polar surface area (TPSA) is 55.2 Å². The molecule has 6 nitrogen and oxygen atoms in total. The molecule has 1 N–H and O–H groups in total. The Morgan fingerprint density at radius 2 is 1.71 bits per heavy atom. The molecule has 0 saturated carbocycles. The fourth-order valence-electron chi connectivity index (χ4n) is 3.01. The number of halogens is 3. The summed E-state index contributed by atoms with van der Waals surface area (Å²) in [5.74, 6) is 0.219. The lowest BCUT2D eigenvalue weighted by atomic mass is 10.1. The molecule has 0 radical (unpaired) electrons. The van der Waals surface area contributed by atoms with E-state index < -0.39 is 11.7 Å². The van der Waals surface area contributed by atoms with Crippen molar-refractivity contribution in [2.45, 2.75) is 6.18 Å². The van der Waals surface area contributed by atoms with E-state index in [0.29, 0.717) is 32.0 Å². The second kappa shape index (κ2) is 7.51. The minimum Gasteiger partial charge on any atom is -0.378 e. The molecule has 1 aromatic heterocycles. The number of nitrogens with one attached hydrogen (secondary N) is 1. The fourth-order valence-corrected chi connectivity index (χ4v) is 3.01. The second-order valence-electron chi connectivity index (χ2n) is 6.34. The van der Waals surface area contributed by atoms with Crippen LogP contribution in [0.5, 0.6) is 0 Å². The second-order valence-corrected chi connectivity index (χ2v) is 6.34. The van der Waals surface area contributed by atoms with Gasteiger partial charge in [0.15, 0.2) is 0 Å². The van der Waals surface area contributed by atoms with E-state index >= 15 is 0 Å². The van der Waals surface area contributed by atoms with E-state index in [2.05, 4.69) is 15.4 Å². The first kappa shape index (κ1) is 18.3. The molecular weight excluding hydrogens is 371 g/mol. The van der Waals surface area contributed by atoms with Crippen molar-refractivity contribution in [2.24, 2.45) is 0 Å². The summed E-state index contributed by atoms with van der Waals surface area (Å²) in [5.41, 5.74) is 0.854. The Hall–Kier alpha value is -3.07. The lowest BCUT2D eigenvalue weighted by Crippen LogP contribution is -2.36. The minimum absolute atomic E-state index is 0.219. The average Bonchev–Trinajstić information content (AvgIpc) is 3.17. The van der Waals surface area contributed by atoms with Gasteiger partial charge in [-0.3, -0.25) is 0 Å². The van der Waals surface area contributed by atoms with E-state index in [-0.39, 0.29) is 11.6 Å².